The molecular formula is C43H52N6O2. The number of methoxy groups -OCH3 is 2. The number of hydrogen-bond donors (Lipinski definition) is 0. The van der Waals surface area contributed by atoms with E-state index in [1.807, 2.05) is 48.5 Å². The summed E-state index contributed by atoms with van der Waals surface area (Å²) >= 11 is 0. The minimum atomic E-state index is -0.233. The highest BCUT2D eigenvalue weighted by molar-refractivity contribution is 6.10. The van der Waals surface area contributed by atoms with E-state index in [4.69, 9.17) is 19.7 Å². The Bertz CT molecular complexity index is 1950. The van der Waals surface area contributed by atoms with Crippen LogP contribution in [0.25, 0.3) is 21.5 Å². The molecule has 1 unspecified atom stereocenters. The van der Waals surface area contributed by atoms with Gasteiger partial charge in [0.05, 0.1) is 36.0 Å². The fourth-order valence-electron chi connectivity index (χ4n) is 7.43. The minimum absolute atomic E-state index is 0.233. The van der Waals surface area contributed by atoms with Gasteiger partial charge in [0.2, 0.25) is 0 Å². The van der Waals surface area contributed by atoms with Crippen LogP contribution in [-0.4, -0.2) is 46.2 Å². The van der Waals surface area contributed by atoms with Crippen molar-refractivity contribution in [3.05, 3.63) is 96.6 Å². The van der Waals surface area contributed by atoms with Gasteiger partial charge in [-0.05, 0) is 69.2 Å². The van der Waals surface area contributed by atoms with Crippen LogP contribution in [0.5, 0.6) is 0 Å². The van der Waals surface area contributed by atoms with Crippen molar-refractivity contribution in [2.24, 2.45) is 20.5 Å². The lowest BCUT2D eigenvalue weighted by molar-refractivity contribution is 0.183. The first-order valence-electron chi connectivity index (χ1n) is 18.5. The molecule has 1 atom stereocenters. The molecule has 51 heavy (non-hydrogen) atoms. The monoisotopic (exact) mass is 684 g/mol. The SMILES string of the molecule is CCCCCCCCC1(C)N(CCOC)c2cccc3c(N=Nc4ccc(N=Nc5ccc(C)cc5)c5ccccc45)ccc(c23)N1CCOC. The maximum absolute atomic E-state index is 5.67. The number of nitrogens with zero attached hydrogens (tertiary/aromatic N) is 6. The van der Waals surface area contributed by atoms with E-state index in [2.05, 4.69) is 83.3 Å². The van der Waals surface area contributed by atoms with Gasteiger partial charge in [0.15, 0.2) is 0 Å². The van der Waals surface area contributed by atoms with E-state index in [9.17, 15) is 0 Å². The standard InChI is InChI=1S/C43H52N6O2/c1-6-7-8-9-10-13-27-43(3)48(28-30-50-4)40-18-14-17-36-39(25-26-41(42(36)40)49(43)29-31-51-5)47-46-38-24-23-37(34-15-11-12-16-35(34)38)45-44-33-21-19-32(2)20-22-33/h11-12,14-26H,6-10,13,27-31H2,1-5H3. The number of rotatable bonds is 17. The van der Waals surface area contributed by atoms with Crippen molar-refractivity contribution in [2.75, 3.05) is 50.3 Å². The summed E-state index contributed by atoms with van der Waals surface area (Å²) in [5.41, 5.74) is 6.63. The molecule has 0 saturated carbocycles. The van der Waals surface area contributed by atoms with Crippen molar-refractivity contribution in [3.8, 4) is 0 Å². The van der Waals surface area contributed by atoms with E-state index in [-0.39, 0.29) is 5.66 Å². The third kappa shape index (κ3) is 7.97. The minimum Gasteiger partial charge on any atom is -0.383 e. The van der Waals surface area contributed by atoms with Crippen LogP contribution in [0.4, 0.5) is 34.1 Å². The normalized spacial score (nSPS) is 16.0. The van der Waals surface area contributed by atoms with Crippen LogP contribution in [-0.2, 0) is 9.47 Å². The summed E-state index contributed by atoms with van der Waals surface area (Å²) in [7, 11) is 3.57. The highest BCUT2D eigenvalue weighted by Gasteiger charge is 2.42. The number of unbranched alkanes of at least 4 members (excludes halogenated alkanes) is 5. The number of ether oxygens (including phenoxy) is 2. The summed E-state index contributed by atoms with van der Waals surface area (Å²) in [5.74, 6) is 0. The fraction of sp³-hybridized carbons (Fsp3) is 0.395. The second-order valence-electron chi connectivity index (χ2n) is 13.7. The molecule has 0 aromatic heterocycles. The Morgan fingerprint density at radius 1 is 0.569 bits per heavy atom. The Labute approximate surface area is 303 Å². The first-order valence-corrected chi connectivity index (χ1v) is 18.5. The van der Waals surface area contributed by atoms with Crippen LogP contribution in [0.3, 0.4) is 0 Å². The van der Waals surface area contributed by atoms with Crippen LogP contribution in [0.15, 0.2) is 111 Å². The summed E-state index contributed by atoms with van der Waals surface area (Å²) in [6.07, 6.45) is 8.65. The highest BCUT2D eigenvalue weighted by atomic mass is 16.5. The van der Waals surface area contributed by atoms with Crippen molar-refractivity contribution in [1.29, 1.82) is 0 Å². The molecule has 0 aliphatic carbocycles. The third-order valence-electron chi connectivity index (χ3n) is 10.2. The van der Waals surface area contributed by atoms with Crippen LogP contribution in [0, 0.1) is 6.92 Å². The summed E-state index contributed by atoms with van der Waals surface area (Å²) in [4.78, 5) is 5.12. The smallest absolute Gasteiger partial charge is 0.110 e. The lowest BCUT2D eigenvalue weighted by Crippen LogP contribution is -2.62. The van der Waals surface area contributed by atoms with Crippen LogP contribution in [0.1, 0.15) is 64.4 Å². The van der Waals surface area contributed by atoms with Gasteiger partial charge in [-0.15, -0.1) is 15.3 Å². The van der Waals surface area contributed by atoms with Gasteiger partial charge in [-0.3, -0.25) is 0 Å². The van der Waals surface area contributed by atoms with E-state index in [1.165, 1.54) is 60.8 Å². The van der Waals surface area contributed by atoms with Crippen molar-refractivity contribution in [3.63, 3.8) is 0 Å². The van der Waals surface area contributed by atoms with Gasteiger partial charge >= 0.3 is 0 Å². The van der Waals surface area contributed by atoms with E-state index >= 15 is 0 Å². The van der Waals surface area contributed by atoms with Crippen LogP contribution < -0.4 is 9.80 Å². The molecule has 0 N–H and O–H groups in total. The lowest BCUT2D eigenvalue weighted by Gasteiger charge is -2.55. The Morgan fingerprint density at radius 3 is 1.73 bits per heavy atom. The zero-order valence-corrected chi connectivity index (χ0v) is 30.9. The second-order valence-corrected chi connectivity index (χ2v) is 13.7. The predicted molar refractivity (Wildman–Crippen MR) is 212 cm³/mol. The molecule has 0 radical (unpaired) electrons. The lowest BCUT2D eigenvalue weighted by atomic mass is 9.90. The number of aryl methyl sites for hydroxylation is 1. The Hall–Kier alpha value is -4.66. The highest BCUT2D eigenvalue weighted by Crippen LogP contribution is 2.49. The van der Waals surface area contributed by atoms with Crippen LogP contribution >= 0.6 is 0 Å². The molecule has 1 heterocycles. The van der Waals surface area contributed by atoms with Gasteiger partial charge in [-0.2, -0.15) is 5.11 Å². The van der Waals surface area contributed by atoms with Crippen molar-refractivity contribution >= 4 is 55.7 Å². The first kappa shape index (κ1) is 36.1. The Kier molecular flexibility index (Phi) is 12.1. The molecular weight excluding hydrogens is 633 g/mol. The second kappa shape index (κ2) is 17.0. The van der Waals surface area contributed by atoms with E-state index in [1.54, 1.807) is 14.2 Å². The third-order valence-corrected chi connectivity index (χ3v) is 10.2. The number of benzene rings is 5. The van der Waals surface area contributed by atoms with Gasteiger partial charge < -0.3 is 19.3 Å². The molecule has 0 bridgehead atoms. The predicted octanol–water partition coefficient (Wildman–Crippen LogP) is 12.5. The molecule has 1 aliphatic heterocycles. The maximum Gasteiger partial charge on any atom is 0.110 e. The topological polar surface area (TPSA) is 74.4 Å². The van der Waals surface area contributed by atoms with Gasteiger partial charge in [-0.25, -0.2) is 0 Å². The average molecular weight is 685 g/mol. The van der Waals surface area contributed by atoms with Crippen LogP contribution in [0.2, 0.25) is 0 Å². The molecule has 8 nitrogen and oxygen atoms in total. The fourth-order valence-corrected chi connectivity index (χ4v) is 7.43. The summed E-state index contributed by atoms with van der Waals surface area (Å²) in [6.45, 7) is 9.60. The summed E-state index contributed by atoms with van der Waals surface area (Å²) in [6, 6.07) is 31.1. The largest absolute Gasteiger partial charge is 0.383 e. The first-order chi connectivity index (χ1) is 25.0. The molecule has 6 rings (SSSR count). The van der Waals surface area contributed by atoms with Crippen molar-refractivity contribution in [2.45, 2.75) is 71.4 Å². The van der Waals surface area contributed by atoms with E-state index in [0.717, 1.165) is 58.4 Å². The van der Waals surface area contributed by atoms with Gasteiger partial charge in [0.1, 0.15) is 5.66 Å². The molecule has 0 amide bonds. The van der Waals surface area contributed by atoms with Crippen molar-refractivity contribution in [1.82, 2.24) is 0 Å². The number of azo groups is 2. The molecule has 0 spiro atoms. The molecule has 266 valence electrons. The Balaban J connectivity index is 1.36. The van der Waals surface area contributed by atoms with Gasteiger partial charge in [-0.1, -0.05) is 93.1 Å². The Morgan fingerprint density at radius 2 is 1.10 bits per heavy atom. The molecule has 5 aromatic carbocycles. The molecule has 0 fully saturated rings. The van der Waals surface area contributed by atoms with Gasteiger partial charge in [0.25, 0.3) is 0 Å². The average Bonchev–Trinajstić information content (AvgIpc) is 3.15. The number of fused-ring (bicyclic) bond motifs is 1. The quantitative estimate of drug-likeness (QED) is 0.0721. The number of hydrogen-bond acceptors (Lipinski definition) is 8. The molecule has 5 aromatic rings. The zero-order chi connectivity index (χ0) is 35.6. The van der Waals surface area contributed by atoms with Crippen molar-refractivity contribution < 1.29 is 9.47 Å². The van der Waals surface area contributed by atoms with E-state index < -0.39 is 0 Å². The van der Waals surface area contributed by atoms with E-state index in [0.29, 0.717) is 13.2 Å². The molecule has 1 aliphatic rings. The zero-order valence-electron chi connectivity index (χ0n) is 30.9. The maximum atomic E-state index is 5.67. The molecule has 8 heteroatoms. The summed E-state index contributed by atoms with van der Waals surface area (Å²) in [5, 5.41) is 23.1. The summed E-state index contributed by atoms with van der Waals surface area (Å²) < 4.78 is 11.3. The number of anilines is 2. The van der Waals surface area contributed by atoms with Gasteiger partial charge in [0, 0.05) is 60.2 Å². The molecule has 0 saturated heterocycles.